The third-order valence-electron chi connectivity index (χ3n) is 6.78. The van der Waals surface area contributed by atoms with Gasteiger partial charge in [0.05, 0.1) is 16.7 Å². The summed E-state index contributed by atoms with van der Waals surface area (Å²) in [5.74, 6) is 0.456. The van der Waals surface area contributed by atoms with Crippen LogP contribution >= 0.6 is 23.7 Å². The number of halogens is 1. The van der Waals surface area contributed by atoms with Gasteiger partial charge in [-0.05, 0) is 62.3 Å². The molecule has 1 heterocycles. The molecule has 11 heteroatoms. The Balaban J connectivity index is 0.00000533. The van der Waals surface area contributed by atoms with E-state index in [0.717, 1.165) is 41.7 Å². The van der Waals surface area contributed by atoms with Gasteiger partial charge in [-0.1, -0.05) is 51.5 Å². The van der Waals surface area contributed by atoms with Crippen LogP contribution < -0.4 is 9.64 Å². The number of nitrogens with zero attached hydrogens (tertiary/aromatic N) is 4. The summed E-state index contributed by atoms with van der Waals surface area (Å²) in [4.78, 5) is 22.8. The summed E-state index contributed by atoms with van der Waals surface area (Å²) >= 11 is 1.47. The number of thiazole rings is 1. The van der Waals surface area contributed by atoms with Crippen LogP contribution in [0.4, 0.5) is 5.13 Å². The molecule has 216 valence electrons. The van der Waals surface area contributed by atoms with Gasteiger partial charge in [-0.25, -0.2) is 13.4 Å². The number of likely N-dealkylation sites (N-methyl/N-ethyl adjacent to an activating group) is 1. The lowest BCUT2D eigenvalue weighted by molar-refractivity contribution is 0.0983. The van der Waals surface area contributed by atoms with Crippen LogP contribution in [0.1, 0.15) is 56.5 Å². The van der Waals surface area contributed by atoms with Crippen molar-refractivity contribution in [1.82, 2.24) is 14.2 Å². The highest BCUT2D eigenvalue weighted by Crippen LogP contribution is 2.37. The van der Waals surface area contributed by atoms with Crippen molar-refractivity contribution in [3.05, 3.63) is 47.5 Å². The molecule has 2 aromatic carbocycles. The minimum atomic E-state index is -3.62. The molecule has 0 saturated heterocycles. The van der Waals surface area contributed by atoms with E-state index in [0.29, 0.717) is 42.6 Å². The van der Waals surface area contributed by atoms with Gasteiger partial charge in [0, 0.05) is 31.7 Å². The zero-order valence-electron chi connectivity index (χ0n) is 23.8. The Morgan fingerprint density at radius 2 is 1.62 bits per heavy atom. The fourth-order valence-electron chi connectivity index (χ4n) is 4.30. The summed E-state index contributed by atoms with van der Waals surface area (Å²) in [7, 11) is -2.00. The molecule has 1 aromatic heterocycles. The van der Waals surface area contributed by atoms with Gasteiger partial charge in [-0.15, -0.1) is 12.4 Å². The van der Waals surface area contributed by atoms with Crippen molar-refractivity contribution in [2.45, 2.75) is 52.4 Å². The van der Waals surface area contributed by atoms with Crippen molar-refractivity contribution < 1.29 is 17.9 Å². The maximum Gasteiger partial charge on any atom is 0.260 e. The SMILES string of the molecule is CCCCN(CC)S(=O)(=O)c1ccc(C(=O)N(CCN(CC)CC)c2nc3c(OC)ccc(C)c3s2)cc1.Cl. The predicted octanol–water partition coefficient (Wildman–Crippen LogP) is 5.83. The lowest BCUT2D eigenvalue weighted by Crippen LogP contribution is -2.39. The summed E-state index contributed by atoms with van der Waals surface area (Å²) in [6, 6.07) is 10.2. The second-order valence-corrected chi connectivity index (χ2v) is 12.0. The van der Waals surface area contributed by atoms with E-state index in [4.69, 9.17) is 9.72 Å². The van der Waals surface area contributed by atoms with E-state index >= 15 is 0 Å². The van der Waals surface area contributed by atoms with Gasteiger partial charge < -0.3 is 9.64 Å². The topological polar surface area (TPSA) is 83.1 Å². The molecule has 39 heavy (non-hydrogen) atoms. The Morgan fingerprint density at radius 1 is 0.949 bits per heavy atom. The maximum atomic E-state index is 13.8. The van der Waals surface area contributed by atoms with Gasteiger partial charge in [0.15, 0.2) is 5.13 Å². The number of carbonyl (C=O) groups excluding carboxylic acids is 1. The monoisotopic (exact) mass is 596 g/mol. The number of anilines is 1. The summed E-state index contributed by atoms with van der Waals surface area (Å²) in [6.07, 6.45) is 1.72. The number of sulfonamides is 1. The highest BCUT2D eigenvalue weighted by Gasteiger charge is 2.26. The summed E-state index contributed by atoms with van der Waals surface area (Å²) in [5, 5.41) is 0.596. The number of benzene rings is 2. The first-order valence-corrected chi connectivity index (χ1v) is 15.6. The Labute approximate surface area is 243 Å². The molecular formula is C28H41ClN4O4S2. The zero-order valence-corrected chi connectivity index (χ0v) is 26.2. The first-order chi connectivity index (χ1) is 18.2. The molecule has 0 aliphatic rings. The molecule has 1 amide bonds. The number of aryl methyl sites for hydroxylation is 1. The third kappa shape index (κ3) is 7.49. The van der Waals surface area contributed by atoms with Crippen LogP contribution in [-0.2, 0) is 10.0 Å². The molecule has 0 fully saturated rings. The van der Waals surface area contributed by atoms with Gasteiger partial charge in [0.2, 0.25) is 10.0 Å². The smallest absolute Gasteiger partial charge is 0.260 e. The number of aromatic nitrogens is 1. The molecule has 0 atom stereocenters. The highest BCUT2D eigenvalue weighted by atomic mass is 35.5. The molecule has 0 radical (unpaired) electrons. The number of amides is 1. The molecule has 8 nitrogen and oxygen atoms in total. The van der Waals surface area contributed by atoms with Gasteiger partial charge in [-0.3, -0.25) is 9.69 Å². The number of carbonyl (C=O) groups is 1. The van der Waals surface area contributed by atoms with E-state index in [1.165, 1.54) is 27.8 Å². The number of hydrogen-bond acceptors (Lipinski definition) is 7. The Morgan fingerprint density at radius 3 is 2.18 bits per heavy atom. The minimum absolute atomic E-state index is 0. The van der Waals surface area contributed by atoms with Crippen LogP contribution in [0.25, 0.3) is 10.2 Å². The van der Waals surface area contributed by atoms with Crippen molar-refractivity contribution in [3.8, 4) is 5.75 Å². The third-order valence-corrected chi connectivity index (χ3v) is 9.98. The quantitative estimate of drug-likeness (QED) is 0.233. The molecule has 0 unspecified atom stereocenters. The Hall–Kier alpha value is -2.24. The highest BCUT2D eigenvalue weighted by molar-refractivity contribution is 7.89. The molecule has 0 spiro atoms. The van der Waals surface area contributed by atoms with Crippen LogP contribution in [0.15, 0.2) is 41.3 Å². The average Bonchev–Trinajstić information content (AvgIpc) is 3.37. The number of hydrogen-bond donors (Lipinski definition) is 0. The second-order valence-electron chi connectivity index (χ2n) is 9.12. The largest absolute Gasteiger partial charge is 0.494 e. The minimum Gasteiger partial charge on any atom is -0.494 e. The number of methoxy groups -OCH3 is 1. The van der Waals surface area contributed by atoms with Crippen molar-refractivity contribution in [2.75, 3.05) is 51.3 Å². The maximum absolute atomic E-state index is 13.8. The number of rotatable bonds is 14. The van der Waals surface area contributed by atoms with E-state index in [2.05, 4.69) is 18.7 Å². The van der Waals surface area contributed by atoms with Crippen molar-refractivity contribution in [3.63, 3.8) is 0 Å². The first kappa shape index (κ1) is 33.0. The van der Waals surface area contributed by atoms with E-state index in [9.17, 15) is 13.2 Å². The Bertz CT molecular complexity index is 1330. The molecular weight excluding hydrogens is 556 g/mol. The van der Waals surface area contributed by atoms with E-state index in [1.807, 2.05) is 32.9 Å². The molecule has 0 aliphatic heterocycles. The molecule has 3 rings (SSSR count). The molecule has 0 bridgehead atoms. The summed E-state index contributed by atoms with van der Waals surface area (Å²) in [5.41, 5.74) is 2.23. The van der Waals surface area contributed by atoms with Crippen molar-refractivity contribution in [1.29, 1.82) is 0 Å². The molecule has 0 saturated carbocycles. The molecule has 0 aliphatic carbocycles. The second kappa shape index (κ2) is 14.9. The summed E-state index contributed by atoms with van der Waals surface area (Å²) < 4.78 is 34.3. The van der Waals surface area contributed by atoms with Crippen LogP contribution in [0.5, 0.6) is 5.75 Å². The number of unbranched alkanes of at least 4 members (excludes halogenated alkanes) is 1. The van der Waals surface area contributed by atoms with Crippen LogP contribution in [-0.4, -0.2) is 74.9 Å². The standard InChI is InChI=1S/C28H40N4O4S2.ClH/c1-7-11-18-31(10-4)38(34,35)23-15-13-22(14-16-23)27(33)32(20-19-30(8-2)9-3)28-29-25-24(36-6)17-12-21(5)26(25)37-28;/h12-17H,7-11,18-20H2,1-6H3;1H. The van der Waals surface area contributed by atoms with E-state index in [-0.39, 0.29) is 23.2 Å². The summed E-state index contributed by atoms with van der Waals surface area (Å²) in [6.45, 7) is 13.9. The number of fused-ring (bicyclic) bond motifs is 1. The van der Waals surface area contributed by atoms with Crippen LogP contribution in [0, 0.1) is 6.92 Å². The normalized spacial score (nSPS) is 11.7. The molecule has 3 aromatic rings. The number of ether oxygens (including phenoxy) is 1. The van der Waals surface area contributed by atoms with Crippen LogP contribution in [0.2, 0.25) is 0 Å². The fourth-order valence-corrected chi connectivity index (χ4v) is 6.86. The van der Waals surface area contributed by atoms with Crippen molar-refractivity contribution >= 4 is 55.0 Å². The van der Waals surface area contributed by atoms with Gasteiger partial charge in [-0.2, -0.15) is 4.31 Å². The average molecular weight is 597 g/mol. The van der Waals surface area contributed by atoms with Crippen LogP contribution in [0.3, 0.4) is 0 Å². The van der Waals surface area contributed by atoms with Crippen molar-refractivity contribution in [2.24, 2.45) is 0 Å². The Kier molecular flexibility index (Phi) is 12.6. The predicted molar refractivity (Wildman–Crippen MR) is 163 cm³/mol. The lowest BCUT2D eigenvalue weighted by atomic mass is 10.2. The first-order valence-electron chi connectivity index (χ1n) is 13.3. The molecule has 0 N–H and O–H groups in total. The van der Waals surface area contributed by atoms with Gasteiger partial charge in [0.1, 0.15) is 11.3 Å². The van der Waals surface area contributed by atoms with Gasteiger partial charge >= 0.3 is 0 Å². The zero-order chi connectivity index (χ0) is 27.9. The van der Waals surface area contributed by atoms with E-state index < -0.39 is 10.0 Å². The fraction of sp³-hybridized carbons (Fsp3) is 0.500. The van der Waals surface area contributed by atoms with Gasteiger partial charge in [0.25, 0.3) is 5.91 Å². The van der Waals surface area contributed by atoms with E-state index in [1.54, 1.807) is 24.1 Å². The lowest BCUT2D eigenvalue weighted by Gasteiger charge is -2.25.